The molecule has 2 aliphatic carbocycles. The zero-order valence-corrected chi connectivity index (χ0v) is 14.9. The summed E-state index contributed by atoms with van der Waals surface area (Å²) in [6.07, 6.45) is 6.83. The Labute approximate surface area is 152 Å². The van der Waals surface area contributed by atoms with Crippen LogP contribution in [0.25, 0.3) is 0 Å². The van der Waals surface area contributed by atoms with E-state index in [1.165, 1.54) is 17.7 Å². The number of nitrogens with zero attached hydrogens (tertiary/aromatic N) is 4. The van der Waals surface area contributed by atoms with Crippen LogP contribution >= 0.6 is 0 Å². The molecular formula is C19H24N4O3. The highest BCUT2D eigenvalue weighted by Crippen LogP contribution is 2.60. The fourth-order valence-electron chi connectivity index (χ4n) is 4.67. The molecule has 7 heteroatoms. The Kier molecular flexibility index (Phi) is 3.49. The van der Waals surface area contributed by atoms with Gasteiger partial charge in [0.2, 0.25) is 5.91 Å². The molecule has 2 aliphatic heterocycles. The maximum absolute atomic E-state index is 13.0. The van der Waals surface area contributed by atoms with E-state index in [-0.39, 0.29) is 17.2 Å². The topological polar surface area (TPSA) is 86.6 Å². The number of rotatable bonds is 2. The average Bonchev–Trinajstić information content (AvgIpc) is 3.57. The number of carbonyl (C=O) groups is 2. The van der Waals surface area contributed by atoms with E-state index in [0.717, 1.165) is 49.3 Å². The van der Waals surface area contributed by atoms with Gasteiger partial charge in [-0.3, -0.25) is 4.79 Å². The third kappa shape index (κ3) is 2.64. The first-order valence-electron chi connectivity index (χ1n) is 9.67. The third-order valence-corrected chi connectivity index (χ3v) is 6.72. The van der Waals surface area contributed by atoms with E-state index in [9.17, 15) is 9.59 Å². The molecule has 0 bridgehead atoms. The predicted octanol–water partition coefficient (Wildman–Crippen LogP) is 2.02. The van der Waals surface area contributed by atoms with Gasteiger partial charge in [-0.15, -0.1) is 0 Å². The van der Waals surface area contributed by atoms with E-state index in [1.807, 2.05) is 11.1 Å². The molecule has 3 heterocycles. The molecule has 2 saturated carbocycles. The van der Waals surface area contributed by atoms with Gasteiger partial charge in [0.25, 0.3) is 0 Å². The normalized spacial score (nSPS) is 26.5. The summed E-state index contributed by atoms with van der Waals surface area (Å²) in [5, 5.41) is 9.10. The number of likely N-dealkylation sites (tertiary alicyclic amines) is 1. The zero-order chi connectivity index (χ0) is 17.9. The lowest BCUT2D eigenvalue weighted by Crippen LogP contribution is -2.41. The van der Waals surface area contributed by atoms with Gasteiger partial charge in [0, 0.05) is 56.2 Å². The molecule has 0 unspecified atom stereocenters. The third-order valence-electron chi connectivity index (χ3n) is 6.72. The monoisotopic (exact) mass is 356 g/mol. The lowest BCUT2D eigenvalue weighted by Gasteiger charge is -2.33. The van der Waals surface area contributed by atoms with Crippen LogP contribution in [-0.4, -0.2) is 56.5 Å². The summed E-state index contributed by atoms with van der Waals surface area (Å²) < 4.78 is 0. The van der Waals surface area contributed by atoms with E-state index in [1.54, 1.807) is 0 Å². The van der Waals surface area contributed by atoms with Crippen molar-refractivity contribution in [1.82, 2.24) is 19.8 Å². The second kappa shape index (κ2) is 5.66. The van der Waals surface area contributed by atoms with E-state index in [4.69, 9.17) is 10.1 Å². The van der Waals surface area contributed by atoms with Gasteiger partial charge in [-0.1, -0.05) is 0 Å². The van der Waals surface area contributed by atoms with Gasteiger partial charge in [-0.25, -0.2) is 14.8 Å². The molecule has 7 nitrogen and oxygen atoms in total. The summed E-state index contributed by atoms with van der Waals surface area (Å²) in [5.74, 6) is 1.86. The van der Waals surface area contributed by atoms with Crippen molar-refractivity contribution < 1.29 is 14.7 Å². The molecule has 5 rings (SSSR count). The first-order chi connectivity index (χ1) is 12.6. The van der Waals surface area contributed by atoms with Crippen molar-refractivity contribution in [2.75, 3.05) is 19.6 Å². The van der Waals surface area contributed by atoms with E-state index in [2.05, 4.69) is 4.98 Å². The van der Waals surface area contributed by atoms with Crippen molar-refractivity contribution in [3.63, 3.8) is 0 Å². The molecule has 1 N–H and O–H groups in total. The Hall–Kier alpha value is -2.18. The Balaban J connectivity index is 1.23. The molecular weight excluding hydrogens is 332 g/mol. The lowest BCUT2D eigenvalue weighted by molar-refractivity contribution is -0.134. The molecule has 0 radical (unpaired) electrons. The molecule has 26 heavy (non-hydrogen) atoms. The molecule has 2 amide bonds. The number of carboxylic acid groups (broad SMARTS) is 1. The summed E-state index contributed by atoms with van der Waals surface area (Å²) in [6, 6.07) is 0. The highest BCUT2D eigenvalue weighted by molar-refractivity contribution is 5.83. The smallest absolute Gasteiger partial charge is 0.407 e. The van der Waals surface area contributed by atoms with Crippen molar-refractivity contribution in [2.45, 2.75) is 51.0 Å². The largest absolute Gasteiger partial charge is 0.465 e. The molecule has 138 valence electrons. The number of amides is 2. The standard InChI is InChI=1S/C19H24N4O3/c24-17(14-9-19(14)4-7-22(8-5-19)18(25)26)23-6-3-15-13(11-23)10-20-16(21-15)12-1-2-12/h10,12,14H,1-9,11H2,(H,25,26)/t14-/m1/s1. The Bertz CT molecular complexity index is 768. The molecule has 1 aromatic rings. The van der Waals surface area contributed by atoms with Crippen molar-refractivity contribution >= 4 is 12.0 Å². The van der Waals surface area contributed by atoms with Crippen molar-refractivity contribution in [3.8, 4) is 0 Å². The second-order valence-corrected chi connectivity index (χ2v) is 8.37. The minimum atomic E-state index is -0.846. The van der Waals surface area contributed by atoms with Crippen LogP contribution in [0.5, 0.6) is 0 Å². The number of hydrogen-bond acceptors (Lipinski definition) is 4. The predicted molar refractivity (Wildman–Crippen MR) is 92.5 cm³/mol. The van der Waals surface area contributed by atoms with Gasteiger partial charge in [-0.05, 0) is 37.5 Å². The van der Waals surface area contributed by atoms with Crippen LogP contribution < -0.4 is 0 Å². The van der Waals surface area contributed by atoms with Crippen LogP contribution in [0.2, 0.25) is 0 Å². The number of aromatic nitrogens is 2. The van der Waals surface area contributed by atoms with E-state index < -0.39 is 6.09 Å². The summed E-state index contributed by atoms with van der Waals surface area (Å²) in [7, 11) is 0. The molecule has 0 aromatic carbocycles. The Morgan fingerprint density at radius 2 is 1.92 bits per heavy atom. The van der Waals surface area contributed by atoms with Crippen LogP contribution in [0.15, 0.2) is 6.20 Å². The molecule has 1 aromatic heterocycles. The number of fused-ring (bicyclic) bond motifs is 1. The van der Waals surface area contributed by atoms with Gasteiger partial charge in [-0.2, -0.15) is 0 Å². The number of hydrogen-bond donors (Lipinski definition) is 1. The summed E-state index contributed by atoms with van der Waals surface area (Å²) >= 11 is 0. The minimum Gasteiger partial charge on any atom is -0.465 e. The van der Waals surface area contributed by atoms with E-state index >= 15 is 0 Å². The maximum atomic E-state index is 13.0. The van der Waals surface area contributed by atoms with Gasteiger partial charge < -0.3 is 14.9 Å². The van der Waals surface area contributed by atoms with Crippen LogP contribution in [0.3, 0.4) is 0 Å². The second-order valence-electron chi connectivity index (χ2n) is 8.37. The zero-order valence-electron chi connectivity index (χ0n) is 14.9. The first kappa shape index (κ1) is 16.0. The quantitative estimate of drug-likeness (QED) is 0.876. The first-order valence-corrected chi connectivity index (χ1v) is 9.67. The van der Waals surface area contributed by atoms with Gasteiger partial charge >= 0.3 is 6.09 Å². The molecule has 1 saturated heterocycles. The van der Waals surface area contributed by atoms with Crippen LogP contribution in [0.4, 0.5) is 4.79 Å². The molecule has 1 atom stereocenters. The fourth-order valence-corrected chi connectivity index (χ4v) is 4.67. The maximum Gasteiger partial charge on any atom is 0.407 e. The molecule has 3 fully saturated rings. The fraction of sp³-hybridized carbons (Fsp3) is 0.684. The van der Waals surface area contributed by atoms with Crippen molar-refractivity contribution in [3.05, 3.63) is 23.3 Å². The average molecular weight is 356 g/mol. The van der Waals surface area contributed by atoms with Crippen LogP contribution in [-0.2, 0) is 17.8 Å². The Morgan fingerprint density at radius 1 is 1.15 bits per heavy atom. The van der Waals surface area contributed by atoms with Crippen molar-refractivity contribution in [2.24, 2.45) is 11.3 Å². The number of carbonyl (C=O) groups excluding carboxylic acids is 1. The van der Waals surface area contributed by atoms with Gasteiger partial charge in [0.15, 0.2) is 0 Å². The summed E-state index contributed by atoms with van der Waals surface area (Å²) in [4.78, 5) is 36.7. The summed E-state index contributed by atoms with van der Waals surface area (Å²) in [5.41, 5.74) is 2.26. The van der Waals surface area contributed by atoms with E-state index in [0.29, 0.717) is 25.6 Å². The number of piperidine rings is 1. The van der Waals surface area contributed by atoms with Gasteiger partial charge in [0.1, 0.15) is 5.82 Å². The minimum absolute atomic E-state index is 0.0512. The van der Waals surface area contributed by atoms with Crippen LogP contribution in [0.1, 0.15) is 55.1 Å². The van der Waals surface area contributed by atoms with Crippen molar-refractivity contribution in [1.29, 1.82) is 0 Å². The highest BCUT2D eigenvalue weighted by Gasteiger charge is 2.59. The SMILES string of the molecule is O=C(O)N1CCC2(CC1)C[C@@H]2C(=O)N1CCc2nc(C3CC3)ncc2C1. The van der Waals surface area contributed by atoms with Gasteiger partial charge in [0.05, 0.1) is 5.69 Å². The Morgan fingerprint density at radius 3 is 2.62 bits per heavy atom. The highest BCUT2D eigenvalue weighted by atomic mass is 16.4. The lowest BCUT2D eigenvalue weighted by atomic mass is 9.90. The molecule has 4 aliphatic rings. The van der Waals surface area contributed by atoms with Crippen LogP contribution in [0, 0.1) is 11.3 Å². The summed E-state index contributed by atoms with van der Waals surface area (Å²) in [6.45, 7) is 2.47. The molecule has 1 spiro atoms.